The Morgan fingerprint density at radius 2 is 1.95 bits per heavy atom. The SMILES string of the molecule is Cc1cc(C(=O)NCC(C)(C)CN(C)C)c2ccccc2n1. The Kier molecular flexibility index (Phi) is 4.81. The Hall–Kier alpha value is -1.94. The van der Waals surface area contributed by atoms with Gasteiger partial charge in [0.2, 0.25) is 0 Å². The van der Waals surface area contributed by atoms with Gasteiger partial charge in [0, 0.05) is 24.2 Å². The lowest BCUT2D eigenvalue weighted by atomic mass is 9.92. The second-order valence-electron chi connectivity index (χ2n) is 6.91. The van der Waals surface area contributed by atoms with Crippen molar-refractivity contribution in [3.63, 3.8) is 0 Å². The van der Waals surface area contributed by atoms with E-state index >= 15 is 0 Å². The lowest BCUT2D eigenvalue weighted by molar-refractivity contribution is 0.0930. The molecule has 0 aliphatic carbocycles. The molecule has 0 radical (unpaired) electrons. The van der Waals surface area contributed by atoms with Crippen LogP contribution in [0.15, 0.2) is 30.3 Å². The summed E-state index contributed by atoms with van der Waals surface area (Å²) >= 11 is 0. The third-order valence-corrected chi connectivity index (χ3v) is 3.56. The van der Waals surface area contributed by atoms with Gasteiger partial charge in [0.05, 0.1) is 11.1 Å². The van der Waals surface area contributed by atoms with Crippen LogP contribution in [0.25, 0.3) is 10.9 Å². The van der Waals surface area contributed by atoms with Gasteiger partial charge in [-0.1, -0.05) is 32.0 Å². The molecule has 4 nitrogen and oxygen atoms in total. The lowest BCUT2D eigenvalue weighted by Crippen LogP contribution is -2.40. The Balaban J connectivity index is 2.20. The molecule has 0 saturated heterocycles. The first-order valence-electron chi connectivity index (χ1n) is 7.58. The Morgan fingerprint density at radius 3 is 2.64 bits per heavy atom. The van der Waals surface area contributed by atoms with Crippen LogP contribution >= 0.6 is 0 Å². The summed E-state index contributed by atoms with van der Waals surface area (Å²) in [5, 5.41) is 3.97. The number of benzene rings is 1. The number of aryl methyl sites for hydroxylation is 1. The number of amides is 1. The van der Waals surface area contributed by atoms with E-state index in [1.54, 1.807) is 0 Å². The first-order valence-corrected chi connectivity index (χ1v) is 7.58. The number of nitrogens with one attached hydrogen (secondary N) is 1. The number of fused-ring (bicyclic) bond motifs is 1. The lowest BCUT2D eigenvalue weighted by Gasteiger charge is -2.28. The van der Waals surface area contributed by atoms with Crippen molar-refractivity contribution < 1.29 is 4.79 Å². The topological polar surface area (TPSA) is 45.2 Å². The van der Waals surface area contributed by atoms with Gasteiger partial charge < -0.3 is 10.2 Å². The summed E-state index contributed by atoms with van der Waals surface area (Å²) in [5.74, 6) is -0.0338. The average Bonchev–Trinajstić information content (AvgIpc) is 2.42. The molecule has 0 saturated carbocycles. The van der Waals surface area contributed by atoms with E-state index in [1.807, 2.05) is 51.4 Å². The van der Waals surface area contributed by atoms with Crippen molar-refractivity contribution >= 4 is 16.8 Å². The normalized spacial score (nSPS) is 11.9. The van der Waals surface area contributed by atoms with Crippen LogP contribution in [0.1, 0.15) is 29.9 Å². The molecule has 2 aromatic rings. The molecule has 1 amide bonds. The highest BCUT2D eigenvalue weighted by molar-refractivity contribution is 6.06. The highest BCUT2D eigenvalue weighted by Gasteiger charge is 2.21. The summed E-state index contributed by atoms with van der Waals surface area (Å²) in [6.45, 7) is 7.79. The Labute approximate surface area is 132 Å². The standard InChI is InChI=1S/C18H25N3O/c1-13-10-15(14-8-6-7-9-16(14)20-13)17(22)19-11-18(2,3)12-21(4)5/h6-10H,11-12H2,1-5H3,(H,19,22). The monoisotopic (exact) mass is 299 g/mol. The Bertz CT molecular complexity index is 677. The minimum absolute atomic E-state index is 0.0248. The average molecular weight is 299 g/mol. The number of carbonyl (C=O) groups excluding carboxylic acids is 1. The van der Waals surface area contributed by atoms with Crippen LogP contribution in [0.2, 0.25) is 0 Å². The van der Waals surface area contributed by atoms with Crippen LogP contribution in [-0.2, 0) is 0 Å². The molecule has 22 heavy (non-hydrogen) atoms. The minimum Gasteiger partial charge on any atom is -0.351 e. The first-order chi connectivity index (χ1) is 10.3. The van der Waals surface area contributed by atoms with Crippen molar-refractivity contribution in [1.29, 1.82) is 0 Å². The predicted molar refractivity (Wildman–Crippen MR) is 91.1 cm³/mol. The molecule has 2 rings (SSSR count). The van der Waals surface area contributed by atoms with Gasteiger partial charge in [-0.05, 0) is 38.6 Å². The number of hydrogen-bond acceptors (Lipinski definition) is 3. The zero-order valence-corrected chi connectivity index (χ0v) is 14.1. The molecule has 0 aliphatic rings. The third kappa shape index (κ3) is 4.04. The largest absolute Gasteiger partial charge is 0.351 e. The van der Waals surface area contributed by atoms with E-state index in [2.05, 4.69) is 29.0 Å². The molecule has 0 atom stereocenters. The summed E-state index contributed by atoms with van der Waals surface area (Å²) in [4.78, 5) is 19.2. The van der Waals surface area contributed by atoms with Crippen LogP contribution < -0.4 is 5.32 Å². The second-order valence-corrected chi connectivity index (χ2v) is 6.91. The molecule has 1 aromatic carbocycles. The van der Waals surface area contributed by atoms with E-state index in [4.69, 9.17) is 0 Å². The molecular weight excluding hydrogens is 274 g/mol. The third-order valence-electron chi connectivity index (χ3n) is 3.56. The maximum absolute atomic E-state index is 12.6. The number of rotatable bonds is 5. The summed E-state index contributed by atoms with van der Waals surface area (Å²) in [5.41, 5.74) is 2.44. The van der Waals surface area contributed by atoms with E-state index in [0.717, 1.165) is 23.1 Å². The minimum atomic E-state index is -0.0338. The fourth-order valence-corrected chi connectivity index (χ4v) is 2.82. The molecule has 0 bridgehead atoms. The summed E-state index contributed by atoms with van der Waals surface area (Å²) < 4.78 is 0. The van der Waals surface area contributed by atoms with E-state index in [0.29, 0.717) is 12.1 Å². The van der Waals surface area contributed by atoms with Crippen molar-refractivity contribution in [1.82, 2.24) is 15.2 Å². The molecule has 0 aliphatic heterocycles. The van der Waals surface area contributed by atoms with Gasteiger partial charge in [0.1, 0.15) is 0 Å². The molecule has 1 N–H and O–H groups in total. The van der Waals surface area contributed by atoms with Crippen molar-refractivity contribution in [3.05, 3.63) is 41.6 Å². The van der Waals surface area contributed by atoms with Crippen molar-refractivity contribution in [2.24, 2.45) is 5.41 Å². The van der Waals surface area contributed by atoms with E-state index < -0.39 is 0 Å². The molecule has 1 aromatic heterocycles. The molecule has 0 spiro atoms. The van der Waals surface area contributed by atoms with Crippen molar-refractivity contribution in [2.45, 2.75) is 20.8 Å². The highest BCUT2D eigenvalue weighted by atomic mass is 16.1. The van der Waals surface area contributed by atoms with Crippen molar-refractivity contribution in [3.8, 4) is 0 Å². The van der Waals surface area contributed by atoms with E-state index in [1.165, 1.54) is 0 Å². The molecule has 4 heteroatoms. The fourth-order valence-electron chi connectivity index (χ4n) is 2.82. The fraction of sp³-hybridized carbons (Fsp3) is 0.444. The van der Waals surface area contributed by atoms with Crippen molar-refractivity contribution in [2.75, 3.05) is 27.2 Å². The number of aromatic nitrogens is 1. The van der Waals surface area contributed by atoms with Crippen LogP contribution in [0, 0.1) is 12.3 Å². The van der Waals surface area contributed by atoms with Crippen LogP contribution in [0.3, 0.4) is 0 Å². The number of pyridine rings is 1. The summed E-state index contributed by atoms with van der Waals surface area (Å²) in [7, 11) is 4.09. The number of carbonyl (C=O) groups is 1. The van der Waals surface area contributed by atoms with Crippen LogP contribution in [-0.4, -0.2) is 43.0 Å². The smallest absolute Gasteiger partial charge is 0.252 e. The Morgan fingerprint density at radius 1 is 1.27 bits per heavy atom. The predicted octanol–water partition coefficient (Wildman–Crippen LogP) is 2.86. The molecular formula is C18H25N3O. The zero-order chi connectivity index (χ0) is 16.3. The van der Waals surface area contributed by atoms with Crippen LogP contribution in [0.4, 0.5) is 0 Å². The maximum atomic E-state index is 12.6. The number of hydrogen-bond donors (Lipinski definition) is 1. The molecule has 118 valence electrons. The van der Waals surface area contributed by atoms with Crippen LogP contribution in [0.5, 0.6) is 0 Å². The summed E-state index contributed by atoms with van der Waals surface area (Å²) in [6, 6.07) is 9.62. The van der Waals surface area contributed by atoms with E-state index in [-0.39, 0.29) is 11.3 Å². The van der Waals surface area contributed by atoms with Gasteiger partial charge in [0.25, 0.3) is 5.91 Å². The van der Waals surface area contributed by atoms with Gasteiger partial charge in [0.15, 0.2) is 0 Å². The zero-order valence-electron chi connectivity index (χ0n) is 14.1. The second kappa shape index (κ2) is 6.44. The molecule has 0 fully saturated rings. The molecule has 0 unspecified atom stereocenters. The van der Waals surface area contributed by atoms with Gasteiger partial charge >= 0.3 is 0 Å². The van der Waals surface area contributed by atoms with Gasteiger partial charge in [-0.2, -0.15) is 0 Å². The first kappa shape index (κ1) is 16.4. The number of para-hydroxylation sites is 1. The number of nitrogens with zero attached hydrogens (tertiary/aromatic N) is 2. The molecule has 1 heterocycles. The van der Waals surface area contributed by atoms with Gasteiger partial charge in [-0.3, -0.25) is 9.78 Å². The summed E-state index contributed by atoms with van der Waals surface area (Å²) in [6.07, 6.45) is 0. The van der Waals surface area contributed by atoms with Gasteiger partial charge in [-0.15, -0.1) is 0 Å². The quantitative estimate of drug-likeness (QED) is 0.923. The van der Waals surface area contributed by atoms with Gasteiger partial charge in [-0.25, -0.2) is 0 Å². The highest BCUT2D eigenvalue weighted by Crippen LogP contribution is 2.19. The maximum Gasteiger partial charge on any atom is 0.252 e. The van der Waals surface area contributed by atoms with E-state index in [9.17, 15) is 4.79 Å².